The minimum absolute atomic E-state index is 0.100. The zero-order valence-corrected chi connectivity index (χ0v) is 17.3. The van der Waals surface area contributed by atoms with E-state index in [1.165, 1.54) is 45.2 Å². The van der Waals surface area contributed by atoms with E-state index in [9.17, 15) is 14.7 Å². The number of aliphatic hydroxyl groups is 1. The summed E-state index contributed by atoms with van der Waals surface area (Å²) >= 11 is 0. The molecule has 30 heavy (non-hydrogen) atoms. The zero-order valence-electron chi connectivity index (χ0n) is 17.3. The van der Waals surface area contributed by atoms with Crippen molar-refractivity contribution in [2.45, 2.75) is 76.1 Å². The maximum absolute atomic E-state index is 12.9. The molecule has 2 N–H and O–H groups in total. The third-order valence-electron chi connectivity index (χ3n) is 7.08. The highest BCUT2D eigenvalue weighted by Crippen LogP contribution is 2.33. The fourth-order valence-corrected chi connectivity index (χ4v) is 5.52. The van der Waals surface area contributed by atoms with Crippen LogP contribution in [0.2, 0.25) is 0 Å². The van der Waals surface area contributed by atoms with Crippen molar-refractivity contribution < 1.29 is 24.4 Å². The van der Waals surface area contributed by atoms with E-state index in [0.717, 1.165) is 17.7 Å². The highest BCUT2D eigenvalue weighted by Gasteiger charge is 2.41. The first kappa shape index (κ1) is 19.5. The van der Waals surface area contributed by atoms with Crippen molar-refractivity contribution in [1.82, 2.24) is 9.80 Å². The summed E-state index contributed by atoms with van der Waals surface area (Å²) in [5.74, 6) is 0.393. The van der Waals surface area contributed by atoms with Gasteiger partial charge in [0.1, 0.15) is 11.9 Å². The molecule has 4 aliphatic rings. The highest BCUT2D eigenvalue weighted by molar-refractivity contribution is 6.01. The molecular weight excluding hydrogens is 382 g/mol. The molecule has 0 radical (unpaired) electrons. The Morgan fingerprint density at radius 1 is 1.03 bits per heavy atom. The summed E-state index contributed by atoms with van der Waals surface area (Å²) in [5.41, 5.74) is 1.59. The Hall–Kier alpha value is -2.41. The second kappa shape index (κ2) is 8.02. The van der Waals surface area contributed by atoms with Gasteiger partial charge in [-0.15, -0.1) is 4.99 Å². The van der Waals surface area contributed by atoms with Gasteiger partial charge in [-0.3, -0.25) is 9.69 Å². The van der Waals surface area contributed by atoms with Crippen LogP contribution in [0.25, 0.3) is 0 Å². The number of nitrogens with one attached hydrogen (secondary N) is 1. The van der Waals surface area contributed by atoms with E-state index in [1.807, 2.05) is 18.2 Å². The van der Waals surface area contributed by atoms with Crippen molar-refractivity contribution in [3.05, 3.63) is 29.3 Å². The van der Waals surface area contributed by atoms with Gasteiger partial charge in [-0.1, -0.05) is 6.42 Å². The number of nitrogens with zero attached hydrogens (tertiary/aromatic N) is 2. The molecule has 0 spiro atoms. The molecule has 3 heterocycles. The van der Waals surface area contributed by atoms with Gasteiger partial charge in [0, 0.05) is 18.2 Å². The summed E-state index contributed by atoms with van der Waals surface area (Å²) in [6.45, 7) is 2.78. The number of rotatable bonds is 4. The van der Waals surface area contributed by atoms with E-state index in [4.69, 9.17) is 4.74 Å². The molecule has 5 rings (SSSR count). The minimum Gasteiger partial charge on any atom is -0.489 e. The predicted octanol–water partition coefficient (Wildman–Crippen LogP) is 1.15. The number of aliphatic hydroxyl groups excluding tert-OH is 1. The highest BCUT2D eigenvalue weighted by atomic mass is 16.5. The Balaban J connectivity index is 1.31. The van der Waals surface area contributed by atoms with Crippen molar-refractivity contribution in [3.8, 4) is 5.75 Å². The van der Waals surface area contributed by atoms with Crippen molar-refractivity contribution in [2.75, 3.05) is 13.1 Å². The summed E-state index contributed by atoms with van der Waals surface area (Å²) in [7, 11) is 0. The van der Waals surface area contributed by atoms with E-state index < -0.39 is 6.04 Å². The molecule has 0 aromatic heterocycles. The third-order valence-corrected chi connectivity index (χ3v) is 7.08. The molecule has 3 aliphatic heterocycles. The van der Waals surface area contributed by atoms with Gasteiger partial charge in [0.15, 0.2) is 6.04 Å². The Kier molecular flexibility index (Phi) is 5.23. The summed E-state index contributed by atoms with van der Waals surface area (Å²) < 4.78 is 6.47. The van der Waals surface area contributed by atoms with Gasteiger partial charge in [0.05, 0.1) is 6.42 Å². The van der Waals surface area contributed by atoms with Crippen molar-refractivity contribution in [3.63, 3.8) is 0 Å². The van der Waals surface area contributed by atoms with Crippen LogP contribution in [0.4, 0.5) is 0 Å². The van der Waals surface area contributed by atoms with Gasteiger partial charge in [0.25, 0.3) is 5.91 Å². The predicted molar refractivity (Wildman–Crippen MR) is 110 cm³/mol. The number of hydrogen-bond acceptors (Lipinski definition) is 4. The first-order chi connectivity index (χ1) is 14.6. The summed E-state index contributed by atoms with van der Waals surface area (Å²) in [5, 5.41) is 10.2. The molecular formula is C23H30N3O4+. The normalized spacial score (nSPS) is 29.8. The van der Waals surface area contributed by atoms with Crippen LogP contribution in [0.5, 0.6) is 5.75 Å². The fourth-order valence-electron chi connectivity index (χ4n) is 5.52. The van der Waals surface area contributed by atoms with Crippen LogP contribution in [0.1, 0.15) is 67.3 Å². The standard InChI is InChI=1S/C23H29N3O4/c27-21-10-9-19(22(28)24-21)26-14-15-13-16(7-8-17(15)23(26)29)30-20-6-2-1-5-18(20)25-11-3-4-12-25/h7-8,13,18-20H,1-6,9-12,14H2,(H,24,27,28)/p+1/t18-,19?,20-/m1/s1. The summed E-state index contributed by atoms with van der Waals surface area (Å²) in [6, 6.07) is 5.76. The molecule has 1 aromatic rings. The van der Waals surface area contributed by atoms with Crippen LogP contribution < -0.4 is 9.73 Å². The Morgan fingerprint density at radius 2 is 1.83 bits per heavy atom. The number of hydrogen-bond donors (Lipinski definition) is 2. The van der Waals surface area contributed by atoms with Crippen LogP contribution in [0.15, 0.2) is 18.2 Å². The molecule has 1 aromatic carbocycles. The Bertz CT molecular complexity index is 877. The number of likely N-dealkylation sites (tertiary alicyclic amines) is 1. The van der Waals surface area contributed by atoms with E-state index in [1.54, 1.807) is 4.90 Å². The Morgan fingerprint density at radius 3 is 2.63 bits per heavy atom. The number of carbonyl (C=O) groups is 2. The molecule has 7 nitrogen and oxygen atoms in total. The number of benzene rings is 1. The molecule has 0 bridgehead atoms. The molecule has 1 unspecified atom stereocenters. The number of amides is 2. The van der Waals surface area contributed by atoms with E-state index in [-0.39, 0.29) is 23.8 Å². The number of carbonyl (C=O) groups excluding carboxylic acids is 2. The lowest BCUT2D eigenvalue weighted by Gasteiger charge is -2.37. The van der Waals surface area contributed by atoms with E-state index in [0.29, 0.717) is 31.0 Å². The average Bonchev–Trinajstić information content (AvgIpc) is 3.37. The molecule has 2 amide bonds. The first-order valence-corrected chi connectivity index (χ1v) is 11.3. The monoisotopic (exact) mass is 412 g/mol. The number of fused-ring (bicyclic) bond motifs is 1. The van der Waals surface area contributed by atoms with Crippen molar-refractivity contribution in [1.29, 1.82) is 0 Å². The van der Waals surface area contributed by atoms with Gasteiger partial charge < -0.3 is 14.7 Å². The van der Waals surface area contributed by atoms with Crippen LogP contribution in [-0.4, -0.2) is 63.9 Å². The maximum Gasteiger partial charge on any atom is 0.388 e. The third kappa shape index (κ3) is 3.60. The van der Waals surface area contributed by atoms with Gasteiger partial charge in [-0.25, -0.2) is 4.79 Å². The summed E-state index contributed by atoms with van der Waals surface area (Å²) in [6.07, 6.45) is 8.27. The Labute approximate surface area is 176 Å². The lowest BCUT2D eigenvalue weighted by atomic mass is 9.91. The average molecular weight is 413 g/mol. The quantitative estimate of drug-likeness (QED) is 0.775. The number of ether oxygens (including phenoxy) is 1. The van der Waals surface area contributed by atoms with Gasteiger partial charge in [-0.05, 0) is 75.4 Å². The second-order valence-corrected chi connectivity index (χ2v) is 8.99. The van der Waals surface area contributed by atoms with Gasteiger partial charge in [0.2, 0.25) is 0 Å². The van der Waals surface area contributed by atoms with Crippen LogP contribution in [-0.2, 0) is 11.3 Å². The molecule has 7 heteroatoms. The van der Waals surface area contributed by atoms with Crippen LogP contribution >= 0.6 is 0 Å². The van der Waals surface area contributed by atoms with E-state index >= 15 is 0 Å². The van der Waals surface area contributed by atoms with E-state index in [2.05, 4.69) is 9.89 Å². The lowest BCUT2D eigenvalue weighted by molar-refractivity contribution is -0.394. The maximum atomic E-state index is 12.9. The van der Waals surface area contributed by atoms with Crippen molar-refractivity contribution >= 4 is 17.7 Å². The molecule has 1 saturated carbocycles. The first-order valence-electron chi connectivity index (χ1n) is 11.3. The molecule has 3 atom stereocenters. The van der Waals surface area contributed by atoms with Gasteiger partial charge >= 0.3 is 11.8 Å². The second-order valence-electron chi connectivity index (χ2n) is 8.99. The topological polar surface area (TPSA) is 84.0 Å². The molecule has 160 valence electrons. The molecule has 2 fully saturated rings. The fraction of sp³-hybridized carbons (Fsp3) is 0.609. The zero-order chi connectivity index (χ0) is 20.7. The smallest absolute Gasteiger partial charge is 0.388 e. The molecule has 1 saturated heterocycles. The lowest BCUT2D eigenvalue weighted by Crippen LogP contribution is -2.82. The van der Waals surface area contributed by atoms with Crippen LogP contribution in [0.3, 0.4) is 0 Å². The van der Waals surface area contributed by atoms with Crippen molar-refractivity contribution in [2.24, 2.45) is 0 Å². The SMILES string of the molecule is O=C1CCC(N2Cc3cc(O[C@@H]4CCCC[C@H]4N4CCCC4)ccc3C2=O)C(O)=[NH+]1. The van der Waals surface area contributed by atoms with Gasteiger partial charge in [-0.2, -0.15) is 0 Å². The largest absolute Gasteiger partial charge is 0.489 e. The molecule has 1 aliphatic carbocycles. The summed E-state index contributed by atoms with van der Waals surface area (Å²) in [4.78, 5) is 31.1. The minimum atomic E-state index is -0.468. The van der Waals surface area contributed by atoms with Crippen LogP contribution in [0, 0.1) is 0 Å².